The van der Waals surface area contributed by atoms with Crippen LogP contribution in [0.25, 0.3) is 0 Å². The van der Waals surface area contributed by atoms with Crippen LogP contribution in [0, 0.1) is 17.3 Å². The van der Waals surface area contributed by atoms with Crippen molar-refractivity contribution in [3.8, 4) is 0 Å². The minimum absolute atomic E-state index is 0.185. The minimum Gasteiger partial charge on any atom is -0.480 e. The first-order valence-electron chi connectivity index (χ1n) is 7.93. The summed E-state index contributed by atoms with van der Waals surface area (Å²) in [5.41, 5.74) is -1.56. The molecule has 1 amide bonds. The smallest absolute Gasteiger partial charge is 0.319 e. The van der Waals surface area contributed by atoms with Gasteiger partial charge in [0.2, 0.25) is 5.91 Å². The van der Waals surface area contributed by atoms with E-state index in [1.807, 2.05) is 20.8 Å². The number of amides is 1. The number of nitrogens with one attached hydrogen (secondary N) is 1. The molecule has 23 heavy (non-hydrogen) atoms. The molecule has 0 aliphatic rings. The fraction of sp³-hybridized carbons (Fsp3) is 0.867. The number of rotatable bonds is 11. The Kier molecular flexibility index (Phi) is 8.76. The van der Waals surface area contributed by atoms with E-state index in [9.17, 15) is 23.1 Å². The van der Waals surface area contributed by atoms with Crippen LogP contribution < -0.4 is 5.32 Å². The molecule has 0 aromatic heterocycles. The third kappa shape index (κ3) is 7.30. The second-order valence-electron chi connectivity index (χ2n) is 6.44. The van der Waals surface area contributed by atoms with Gasteiger partial charge in [-0.3, -0.25) is 14.1 Å². The average molecular weight is 351 g/mol. The molecular weight excluding hydrogens is 322 g/mol. The Labute approximate surface area is 138 Å². The van der Waals surface area contributed by atoms with Crippen LogP contribution in [0.3, 0.4) is 0 Å². The van der Waals surface area contributed by atoms with Crippen molar-refractivity contribution >= 4 is 22.0 Å². The molecule has 0 rings (SSSR count). The molecule has 2 unspecified atom stereocenters. The highest BCUT2D eigenvalue weighted by Gasteiger charge is 2.45. The van der Waals surface area contributed by atoms with Gasteiger partial charge in [0.05, 0.1) is 5.75 Å². The summed E-state index contributed by atoms with van der Waals surface area (Å²) in [4.78, 5) is 24.2. The van der Waals surface area contributed by atoms with E-state index in [1.54, 1.807) is 6.92 Å². The van der Waals surface area contributed by atoms with E-state index >= 15 is 0 Å². The van der Waals surface area contributed by atoms with E-state index in [0.29, 0.717) is 18.8 Å². The molecule has 8 heteroatoms. The van der Waals surface area contributed by atoms with E-state index < -0.39 is 33.2 Å². The molecule has 7 nitrogen and oxygen atoms in total. The molecule has 2 atom stereocenters. The van der Waals surface area contributed by atoms with Crippen molar-refractivity contribution < 1.29 is 27.7 Å². The van der Waals surface area contributed by atoms with Crippen LogP contribution in [0.4, 0.5) is 0 Å². The quantitative estimate of drug-likeness (QED) is 0.386. The molecule has 0 aliphatic heterocycles. The van der Waals surface area contributed by atoms with Gasteiger partial charge in [-0.1, -0.05) is 34.1 Å². The van der Waals surface area contributed by atoms with Crippen LogP contribution in [-0.4, -0.2) is 42.3 Å². The lowest BCUT2D eigenvalue weighted by Crippen LogP contribution is -2.48. The highest BCUT2D eigenvalue weighted by Crippen LogP contribution is 2.33. The Bertz CT molecular complexity index is 502. The van der Waals surface area contributed by atoms with Crippen LogP contribution >= 0.6 is 0 Å². The second kappa shape index (κ2) is 9.22. The monoisotopic (exact) mass is 351 g/mol. The van der Waals surface area contributed by atoms with Crippen molar-refractivity contribution in [3.63, 3.8) is 0 Å². The maximum atomic E-state index is 12.4. The van der Waals surface area contributed by atoms with Crippen LogP contribution in [0.5, 0.6) is 0 Å². The number of hydrogen-bond donors (Lipinski definition) is 3. The van der Waals surface area contributed by atoms with Crippen molar-refractivity contribution in [1.82, 2.24) is 5.32 Å². The SMILES string of the molecule is CCCC(CCC(C)C(C)C)(C(=O)O)C(=O)NCCS(=O)(=O)O. The molecule has 0 aromatic rings. The molecule has 0 bridgehead atoms. The Morgan fingerprint density at radius 3 is 2.13 bits per heavy atom. The lowest BCUT2D eigenvalue weighted by molar-refractivity contribution is -0.157. The summed E-state index contributed by atoms with van der Waals surface area (Å²) in [5, 5.41) is 11.9. The van der Waals surface area contributed by atoms with Gasteiger partial charge in [0.25, 0.3) is 10.1 Å². The van der Waals surface area contributed by atoms with Gasteiger partial charge in [0.15, 0.2) is 0 Å². The topological polar surface area (TPSA) is 121 Å². The Balaban J connectivity index is 5.09. The number of carboxylic acids is 1. The predicted molar refractivity (Wildman–Crippen MR) is 87.6 cm³/mol. The highest BCUT2D eigenvalue weighted by atomic mass is 32.2. The number of carbonyl (C=O) groups excluding carboxylic acids is 1. The zero-order valence-corrected chi connectivity index (χ0v) is 15.1. The number of carbonyl (C=O) groups is 2. The zero-order chi connectivity index (χ0) is 18.3. The van der Waals surface area contributed by atoms with E-state index in [-0.39, 0.29) is 25.3 Å². The Morgan fingerprint density at radius 2 is 1.74 bits per heavy atom. The summed E-state index contributed by atoms with van der Waals surface area (Å²) in [5.74, 6) is -1.86. The number of hydrogen-bond acceptors (Lipinski definition) is 4. The second-order valence-corrected chi connectivity index (χ2v) is 8.01. The number of carboxylic acid groups (broad SMARTS) is 1. The summed E-state index contributed by atoms with van der Waals surface area (Å²) >= 11 is 0. The van der Waals surface area contributed by atoms with Gasteiger partial charge < -0.3 is 10.4 Å². The molecule has 0 aromatic carbocycles. The van der Waals surface area contributed by atoms with E-state index in [1.165, 1.54) is 0 Å². The first-order valence-corrected chi connectivity index (χ1v) is 9.54. The fourth-order valence-corrected chi connectivity index (χ4v) is 2.72. The van der Waals surface area contributed by atoms with Gasteiger partial charge in [-0.25, -0.2) is 0 Å². The molecule has 0 fully saturated rings. The number of aliphatic carboxylic acids is 1. The predicted octanol–water partition coefficient (Wildman–Crippen LogP) is 1.93. The zero-order valence-electron chi connectivity index (χ0n) is 14.3. The normalized spacial score (nSPS) is 15.9. The minimum atomic E-state index is -4.20. The lowest BCUT2D eigenvalue weighted by atomic mass is 9.75. The molecule has 136 valence electrons. The van der Waals surface area contributed by atoms with Crippen molar-refractivity contribution in [2.24, 2.45) is 17.3 Å². The highest BCUT2D eigenvalue weighted by molar-refractivity contribution is 7.85. The van der Waals surface area contributed by atoms with Crippen LogP contribution in [0.2, 0.25) is 0 Å². The Morgan fingerprint density at radius 1 is 1.17 bits per heavy atom. The van der Waals surface area contributed by atoms with Crippen LogP contribution in [0.1, 0.15) is 53.4 Å². The van der Waals surface area contributed by atoms with Gasteiger partial charge in [0.1, 0.15) is 5.41 Å². The van der Waals surface area contributed by atoms with Crippen LogP contribution in [-0.2, 0) is 19.7 Å². The maximum absolute atomic E-state index is 12.4. The molecule has 0 saturated heterocycles. The Hall–Kier alpha value is -1.15. The summed E-state index contributed by atoms with van der Waals surface area (Å²) in [7, 11) is -4.20. The molecular formula is C15H29NO6S. The van der Waals surface area contributed by atoms with Gasteiger partial charge in [-0.05, 0) is 31.1 Å². The van der Waals surface area contributed by atoms with Gasteiger partial charge in [-0.15, -0.1) is 0 Å². The van der Waals surface area contributed by atoms with Gasteiger partial charge in [0, 0.05) is 6.54 Å². The third-order valence-corrected chi connectivity index (χ3v) is 5.05. The molecule has 0 spiro atoms. The van der Waals surface area contributed by atoms with Crippen LogP contribution in [0.15, 0.2) is 0 Å². The van der Waals surface area contributed by atoms with Gasteiger partial charge in [-0.2, -0.15) is 8.42 Å². The van der Waals surface area contributed by atoms with E-state index in [4.69, 9.17) is 4.55 Å². The first kappa shape index (κ1) is 21.9. The molecule has 0 saturated carbocycles. The average Bonchev–Trinajstić information content (AvgIpc) is 2.40. The van der Waals surface area contributed by atoms with E-state index in [2.05, 4.69) is 5.32 Å². The van der Waals surface area contributed by atoms with Crippen molar-refractivity contribution in [3.05, 3.63) is 0 Å². The molecule has 0 aliphatic carbocycles. The first-order chi connectivity index (χ1) is 10.5. The third-order valence-electron chi connectivity index (χ3n) is 4.33. The standard InChI is InChI=1S/C15H29NO6S/c1-5-7-15(14(18)19,8-6-12(4)11(2)3)13(17)16-9-10-23(20,21)22/h11-12H,5-10H2,1-4H3,(H,16,17)(H,18,19)(H,20,21,22). The van der Waals surface area contributed by atoms with Crippen molar-refractivity contribution in [1.29, 1.82) is 0 Å². The molecule has 3 N–H and O–H groups in total. The summed E-state index contributed by atoms with van der Waals surface area (Å²) in [6.07, 6.45) is 1.50. The molecule has 0 radical (unpaired) electrons. The van der Waals surface area contributed by atoms with Gasteiger partial charge >= 0.3 is 5.97 Å². The summed E-state index contributed by atoms with van der Waals surface area (Å²) < 4.78 is 30.1. The summed E-state index contributed by atoms with van der Waals surface area (Å²) in [6.45, 7) is 7.59. The van der Waals surface area contributed by atoms with Crippen molar-refractivity contribution in [2.75, 3.05) is 12.3 Å². The fourth-order valence-electron chi connectivity index (χ4n) is 2.36. The largest absolute Gasteiger partial charge is 0.480 e. The van der Waals surface area contributed by atoms with Crippen molar-refractivity contribution in [2.45, 2.75) is 53.4 Å². The summed E-state index contributed by atoms with van der Waals surface area (Å²) in [6, 6.07) is 0. The molecule has 0 heterocycles. The lowest BCUT2D eigenvalue weighted by Gasteiger charge is -2.29. The van der Waals surface area contributed by atoms with E-state index in [0.717, 1.165) is 0 Å². The maximum Gasteiger partial charge on any atom is 0.319 e.